The summed E-state index contributed by atoms with van der Waals surface area (Å²) in [5, 5.41) is 2.54. The quantitative estimate of drug-likeness (QED) is 0.785. The van der Waals surface area contributed by atoms with Gasteiger partial charge in [0.2, 0.25) is 5.91 Å². The molecule has 0 spiro atoms. The van der Waals surface area contributed by atoms with Crippen LogP contribution in [0, 0.1) is 13.8 Å². The fraction of sp³-hybridized carbons (Fsp3) is 0.364. The molecule has 0 radical (unpaired) electrons. The number of anilines is 2. The third-order valence-corrected chi connectivity index (χ3v) is 3.07. The Labute approximate surface area is 101 Å². The fourth-order valence-electron chi connectivity index (χ4n) is 1.43. The molecule has 0 aliphatic heterocycles. The third-order valence-electron chi connectivity index (χ3n) is 2.28. The van der Waals surface area contributed by atoms with Crippen LogP contribution in [0.2, 0.25) is 0 Å². The van der Waals surface area contributed by atoms with Gasteiger partial charge in [-0.3, -0.25) is 4.79 Å². The van der Waals surface area contributed by atoms with Crippen LogP contribution in [0.25, 0.3) is 0 Å². The van der Waals surface area contributed by atoms with E-state index in [0.717, 1.165) is 17.4 Å². The smallest absolute Gasteiger partial charge is 0.239 e. The molecule has 0 aromatic heterocycles. The Balaban J connectivity index is 2.89. The number of nitrogens with one attached hydrogen (secondary N) is 1. The van der Waals surface area contributed by atoms with Gasteiger partial charge in [0, 0.05) is 17.6 Å². The lowest BCUT2D eigenvalue weighted by Crippen LogP contribution is -2.22. The Morgan fingerprint density at radius 1 is 1.29 bits per heavy atom. The van der Waals surface area contributed by atoms with E-state index in [-0.39, 0.29) is 0 Å². The molecule has 0 unspecified atom stereocenters. The summed E-state index contributed by atoms with van der Waals surface area (Å²) in [6.45, 7) is 3.69. The van der Waals surface area contributed by atoms with Crippen molar-refractivity contribution in [3.05, 3.63) is 23.3 Å². The molecule has 0 bridgehead atoms. The number of sulfone groups is 1. The SMILES string of the molecule is Cc1cc(C)c(NC(=O)CS(C)(=O)=O)cc1N. The van der Waals surface area contributed by atoms with Crippen LogP contribution < -0.4 is 11.1 Å². The highest BCUT2D eigenvalue weighted by atomic mass is 32.2. The number of hydrogen-bond donors (Lipinski definition) is 2. The van der Waals surface area contributed by atoms with Crippen LogP contribution in [0.1, 0.15) is 11.1 Å². The number of carbonyl (C=O) groups is 1. The number of amides is 1. The van der Waals surface area contributed by atoms with E-state index in [2.05, 4.69) is 5.32 Å². The Morgan fingerprint density at radius 2 is 1.88 bits per heavy atom. The molecule has 5 nitrogen and oxygen atoms in total. The van der Waals surface area contributed by atoms with Crippen molar-refractivity contribution < 1.29 is 13.2 Å². The van der Waals surface area contributed by atoms with Gasteiger partial charge in [0.25, 0.3) is 0 Å². The number of carbonyl (C=O) groups excluding carboxylic acids is 1. The van der Waals surface area contributed by atoms with Crippen molar-refractivity contribution in [2.75, 3.05) is 23.1 Å². The minimum Gasteiger partial charge on any atom is -0.398 e. The Bertz CT molecular complexity index is 550. The number of nitrogen functional groups attached to an aromatic ring is 1. The number of hydrogen-bond acceptors (Lipinski definition) is 4. The van der Waals surface area contributed by atoms with Crippen LogP contribution in [0.4, 0.5) is 11.4 Å². The Kier molecular flexibility index (Phi) is 3.77. The van der Waals surface area contributed by atoms with Crippen LogP contribution >= 0.6 is 0 Å². The monoisotopic (exact) mass is 256 g/mol. The predicted octanol–water partition coefficient (Wildman–Crippen LogP) is 0.869. The van der Waals surface area contributed by atoms with Crippen LogP contribution in [-0.2, 0) is 14.6 Å². The summed E-state index contributed by atoms with van der Waals surface area (Å²) in [7, 11) is -3.32. The molecule has 0 atom stereocenters. The zero-order valence-corrected chi connectivity index (χ0v) is 10.9. The maximum atomic E-state index is 11.4. The minimum absolute atomic E-state index is 0.528. The first kappa shape index (κ1) is 13.5. The second kappa shape index (κ2) is 4.75. The second-order valence-corrected chi connectivity index (χ2v) is 6.28. The van der Waals surface area contributed by atoms with E-state index >= 15 is 0 Å². The van der Waals surface area contributed by atoms with Crippen LogP contribution in [0.15, 0.2) is 12.1 Å². The molecule has 1 aromatic rings. The van der Waals surface area contributed by atoms with Crippen molar-refractivity contribution in [1.29, 1.82) is 0 Å². The maximum absolute atomic E-state index is 11.4. The summed E-state index contributed by atoms with van der Waals surface area (Å²) in [6, 6.07) is 3.47. The van der Waals surface area contributed by atoms with Crippen molar-refractivity contribution in [2.45, 2.75) is 13.8 Å². The molecule has 17 heavy (non-hydrogen) atoms. The number of benzene rings is 1. The van der Waals surface area contributed by atoms with Crippen LogP contribution in [0.5, 0.6) is 0 Å². The summed E-state index contributed by atoms with van der Waals surface area (Å²) in [6.07, 6.45) is 1.02. The van der Waals surface area contributed by atoms with Gasteiger partial charge in [-0.25, -0.2) is 8.42 Å². The molecule has 0 heterocycles. The lowest BCUT2D eigenvalue weighted by Gasteiger charge is -2.10. The normalized spacial score (nSPS) is 11.2. The summed E-state index contributed by atoms with van der Waals surface area (Å²) in [4.78, 5) is 11.4. The van der Waals surface area contributed by atoms with Crippen LogP contribution in [0.3, 0.4) is 0 Å². The standard InChI is InChI=1S/C11H16N2O3S/c1-7-4-8(2)10(5-9(7)12)13-11(14)6-17(3,15)16/h4-5H,6,12H2,1-3H3,(H,13,14). The molecule has 94 valence electrons. The highest BCUT2D eigenvalue weighted by Gasteiger charge is 2.12. The van der Waals surface area contributed by atoms with Crippen LogP contribution in [-0.4, -0.2) is 26.3 Å². The van der Waals surface area contributed by atoms with Crippen molar-refractivity contribution in [1.82, 2.24) is 0 Å². The average Bonchev–Trinajstić information content (AvgIpc) is 2.11. The number of aryl methyl sites for hydroxylation is 2. The first-order valence-corrected chi connectivity index (χ1v) is 7.09. The first-order valence-electron chi connectivity index (χ1n) is 5.03. The van der Waals surface area contributed by atoms with Gasteiger partial charge in [0.1, 0.15) is 5.75 Å². The predicted molar refractivity (Wildman–Crippen MR) is 68.7 cm³/mol. The fourth-order valence-corrected chi connectivity index (χ4v) is 1.98. The molecule has 0 aliphatic rings. The summed E-state index contributed by atoms with van der Waals surface area (Å²) < 4.78 is 21.9. The zero-order valence-electron chi connectivity index (χ0n) is 10.1. The molecule has 0 saturated heterocycles. The van der Waals surface area contributed by atoms with Gasteiger partial charge in [-0.1, -0.05) is 6.07 Å². The molecular formula is C11H16N2O3S. The van der Waals surface area contributed by atoms with Gasteiger partial charge in [-0.05, 0) is 31.0 Å². The van der Waals surface area contributed by atoms with E-state index in [1.165, 1.54) is 0 Å². The molecular weight excluding hydrogens is 240 g/mol. The third kappa shape index (κ3) is 4.07. The van der Waals surface area contributed by atoms with Crippen molar-refractivity contribution >= 4 is 27.1 Å². The highest BCUT2D eigenvalue weighted by molar-refractivity contribution is 7.91. The molecule has 3 N–H and O–H groups in total. The summed E-state index contributed by atoms with van der Waals surface area (Å²) in [5.41, 5.74) is 8.59. The largest absolute Gasteiger partial charge is 0.398 e. The molecule has 1 amide bonds. The molecule has 0 aliphatic carbocycles. The highest BCUT2D eigenvalue weighted by Crippen LogP contribution is 2.22. The topological polar surface area (TPSA) is 89.3 Å². The van der Waals surface area contributed by atoms with E-state index in [9.17, 15) is 13.2 Å². The molecule has 0 saturated carbocycles. The lowest BCUT2D eigenvalue weighted by atomic mass is 10.1. The zero-order chi connectivity index (χ0) is 13.2. The first-order chi connectivity index (χ1) is 7.69. The number of rotatable bonds is 3. The van der Waals surface area contributed by atoms with E-state index in [1.807, 2.05) is 19.9 Å². The molecule has 0 fully saturated rings. The lowest BCUT2D eigenvalue weighted by molar-refractivity contribution is -0.113. The van der Waals surface area contributed by atoms with Gasteiger partial charge in [0.05, 0.1) is 0 Å². The van der Waals surface area contributed by atoms with Gasteiger partial charge < -0.3 is 11.1 Å². The van der Waals surface area contributed by atoms with Gasteiger partial charge >= 0.3 is 0 Å². The van der Waals surface area contributed by atoms with Crippen molar-refractivity contribution in [3.8, 4) is 0 Å². The van der Waals surface area contributed by atoms with E-state index in [4.69, 9.17) is 5.73 Å². The second-order valence-electron chi connectivity index (χ2n) is 4.14. The maximum Gasteiger partial charge on any atom is 0.239 e. The minimum atomic E-state index is -3.32. The molecule has 1 aromatic carbocycles. The van der Waals surface area contributed by atoms with E-state index in [1.54, 1.807) is 6.07 Å². The van der Waals surface area contributed by atoms with Gasteiger partial charge in [-0.2, -0.15) is 0 Å². The van der Waals surface area contributed by atoms with Gasteiger partial charge in [0.15, 0.2) is 9.84 Å². The Morgan fingerprint density at radius 3 is 2.41 bits per heavy atom. The summed E-state index contributed by atoms with van der Waals surface area (Å²) >= 11 is 0. The molecule has 1 rings (SSSR count). The van der Waals surface area contributed by atoms with Gasteiger partial charge in [-0.15, -0.1) is 0 Å². The van der Waals surface area contributed by atoms with Crippen molar-refractivity contribution in [2.24, 2.45) is 0 Å². The summed E-state index contributed by atoms with van der Waals surface area (Å²) in [5.74, 6) is -1.08. The van der Waals surface area contributed by atoms with E-state index in [0.29, 0.717) is 11.4 Å². The average molecular weight is 256 g/mol. The molecule has 6 heteroatoms. The Hall–Kier alpha value is -1.56. The van der Waals surface area contributed by atoms with E-state index < -0.39 is 21.5 Å². The van der Waals surface area contributed by atoms with Crippen molar-refractivity contribution in [3.63, 3.8) is 0 Å². The number of nitrogens with two attached hydrogens (primary N) is 1.